The van der Waals surface area contributed by atoms with Crippen LogP contribution in [0, 0.1) is 0 Å². The molecule has 1 unspecified atom stereocenters. The number of aliphatic imine (C=N–C) groups is 1. The summed E-state index contributed by atoms with van der Waals surface area (Å²) in [5.41, 5.74) is 0. The van der Waals surface area contributed by atoms with Crippen LogP contribution in [0.2, 0.25) is 0 Å². The molecule has 4 heterocycles. The Morgan fingerprint density at radius 3 is 3.10 bits per heavy atom. The van der Waals surface area contributed by atoms with Gasteiger partial charge in [0.1, 0.15) is 18.3 Å². The molecular weight excluding hydrogens is 501 g/mol. The molecule has 30 heavy (non-hydrogen) atoms. The van der Waals surface area contributed by atoms with Crippen molar-refractivity contribution in [1.29, 1.82) is 0 Å². The van der Waals surface area contributed by atoms with E-state index in [2.05, 4.69) is 40.9 Å². The standard InChI is InChI=1S/C18H25N9O2.HI/c1-19-18(20-8-7-14-23-17(25-24-14)13-4-3-9-29-13)21-12-5-6-16-22-15(11-28-2)26-27(16)10-12;/h3-4,9,12H,5-8,10-11H2,1-2H3,(H2,19,20,21)(H,23,24,25);1H. The highest BCUT2D eigenvalue weighted by molar-refractivity contribution is 14.0. The number of guanidine groups is 1. The van der Waals surface area contributed by atoms with Crippen LogP contribution in [-0.4, -0.2) is 62.6 Å². The van der Waals surface area contributed by atoms with Gasteiger partial charge in [-0.3, -0.25) is 10.1 Å². The first kappa shape index (κ1) is 22.2. The fourth-order valence-corrected chi connectivity index (χ4v) is 3.28. The quantitative estimate of drug-likeness (QED) is 0.237. The van der Waals surface area contributed by atoms with Gasteiger partial charge in [-0.15, -0.1) is 24.0 Å². The molecule has 162 valence electrons. The van der Waals surface area contributed by atoms with Gasteiger partial charge in [0.2, 0.25) is 5.82 Å². The highest BCUT2D eigenvalue weighted by atomic mass is 127. The fourth-order valence-electron chi connectivity index (χ4n) is 3.28. The van der Waals surface area contributed by atoms with Gasteiger partial charge in [-0.25, -0.2) is 14.6 Å². The highest BCUT2D eigenvalue weighted by Crippen LogP contribution is 2.15. The lowest BCUT2D eigenvalue weighted by Crippen LogP contribution is -2.47. The number of hydrogen-bond donors (Lipinski definition) is 3. The van der Waals surface area contributed by atoms with E-state index in [-0.39, 0.29) is 30.0 Å². The van der Waals surface area contributed by atoms with Gasteiger partial charge >= 0.3 is 0 Å². The lowest BCUT2D eigenvalue weighted by Gasteiger charge is -2.25. The second-order valence-electron chi connectivity index (χ2n) is 6.77. The van der Waals surface area contributed by atoms with E-state index in [4.69, 9.17) is 9.15 Å². The molecular formula is C18H26IN9O2. The zero-order valence-electron chi connectivity index (χ0n) is 17.0. The van der Waals surface area contributed by atoms with Crippen LogP contribution in [0.25, 0.3) is 11.6 Å². The number of nitrogens with one attached hydrogen (secondary N) is 3. The SMILES string of the molecule is CN=C(NCCc1nc(-c2ccco2)n[nH]1)NC1CCc2nc(COC)nn2C1.I. The number of aromatic nitrogens is 6. The highest BCUT2D eigenvalue weighted by Gasteiger charge is 2.22. The van der Waals surface area contributed by atoms with Crippen molar-refractivity contribution in [3.63, 3.8) is 0 Å². The van der Waals surface area contributed by atoms with Crippen molar-refractivity contribution in [3.05, 3.63) is 35.9 Å². The zero-order valence-corrected chi connectivity index (χ0v) is 19.3. The van der Waals surface area contributed by atoms with Crippen molar-refractivity contribution >= 4 is 29.9 Å². The van der Waals surface area contributed by atoms with E-state index in [1.54, 1.807) is 20.4 Å². The number of halogens is 1. The van der Waals surface area contributed by atoms with Crippen LogP contribution in [0.3, 0.4) is 0 Å². The normalized spacial score (nSPS) is 16.1. The minimum Gasteiger partial charge on any atom is -0.461 e. The van der Waals surface area contributed by atoms with Crippen molar-refractivity contribution in [1.82, 2.24) is 40.6 Å². The number of ether oxygens (including phenoxy) is 1. The van der Waals surface area contributed by atoms with Crippen molar-refractivity contribution in [2.24, 2.45) is 4.99 Å². The molecule has 0 saturated carbocycles. The molecule has 0 aromatic carbocycles. The summed E-state index contributed by atoms with van der Waals surface area (Å²) in [5.74, 6) is 4.49. The molecule has 1 aliphatic heterocycles. The summed E-state index contributed by atoms with van der Waals surface area (Å²) in [6, 6.07) is 3.88. The van der Waals surface area contributed by atoms with Crippen molar-refractivity contribution in [3.8, 4) is 11.6 Å². The summed E-state index contributed by atoms with van der Waals surface area (Å²) < 4.78 is 12.4. The average Bonchev–Trinajstić information content (AvgIpc) is 3.47. The molecule has 0 amide bonds. The summed E-state index contributed by atoms with van der Waals surface area (Å²) in [7, 11) is 3.41. The number of nitrogens with zero attached hydrogens (tertiary/aromatic N) is 6. The maximum atomic E-state index is 5.31. The molecule has 11 nitrogen and oxygen atoms in total. The van der Waals surface area contributed by atoms with Crippen molar-refractivity contribution < 1.29 is 9.15 Å². The van der Waals surface area contributed by atoms with E-state index in [1.807, 2.05) is 16.8 Å². The summed E-state index contributed by atoms with van der Waals surface area (Å²) in [4.78, 5) is 13.3. The van der Waals surface area contributed by atoms with Crippen LogP contribution in [0.1, 0.15) is 23.9 Å². The van der Waals surface area contributed by atoms with Gasteiger partial charge in [-0.05, 0) is 18.6 Å². The maximum Gasteiger partial charge on any atom is 0.216 e. The molecule has 0 spiro atoms. The van der Waals surface area contributed by atoms with Gasteiger partial charge in [-0.2, -0.15) is 10.2 Å². The summed E-state index contributed by atoms with van der Waals surface area (Å²) in [5, 5.41) is 18.4. The predicted molar refractivity (Wildman–Crippen MR) is 121 cm³/mol. The Labute approximate surface area is 191 Å². The third-order valence-corrected chi connectivity index (χ3v) is 4.67. The second kappa shape index (κ2) is 10.5. The molecule has 12 heteroatoms. The predicted octanol–water partition coefficient (Wildman–Crippen LogP) is 1.14. The van der Waals surface area contributed by atoms with Gasteiger partial charge in [-0.1, -0.05) is 0 Å². The summed E-state index contributed by atoms with van der Waals surface area (Å²) >= 11 is 0. The Hall–Kier alpha value is -2.48. The Kier molecular flexibility index (Phi) is 7.79. The Bertz CT molecular complexity index is 951. The van der Waals surface area contributed by atoms with Gasteiger partial charge in [0.25, 0.3) is 0 Å². The van der Waals surface area contributed by atoms with E-state index in [1.165, 1.54) is 0 Å². The van der Waals surface area contributed by atoms with Gasteiger partial charge in [0.05, 0.1) is 12.8 Å². The number of fused-ring (bicyclic) bond motifs is 1. The summed E-state index contributed by atoms with van der Waals surface area (Å²) in [6.07, 6.45) is 4.14. The minimum absolute atomic E-state index is 0. The maximum absolute atomic E-state index is 5.31. The van der Waals surface area contributed by atoms with Crippen LogP contribution >= 0.6 is 24.0 Å². The second-order valence-corrected chi connectivity index (χ2v) is 6.77. The molecule has 0 radical (unpaired) electrons. The largest absolute Gasteiger partial charge is 0.461 e. The lowest BCUT2D eigenvalue weighted by atomic mass is 10.1. The number of aromatic amines is 1. The first-order valence-electron chi connectivity index (χ1n) is 9.59. The van der Waals surface area contributed by atoms with E-state index in [9.17, 15) is 0 Å². The molecule has 0 bridgehead atoms. The topological polar surface area (TPSA) is 131 Å². The molecule has 1 aliphatic rings. The third-order valence-electron chi connectivity index (χ3n) is 4.67. The van der Waals surface area contributed by atoms with Crippen LogP contribution in [-0.2, 0) is 30.7 Å². The van der Waals surface area contributed by atoms with Crippen LogP contribution in [0.4, 0.5) is 0 Å². The molecule has 3 aromatic heterocycles. The molecule has 0 fully saturated rings. The number of rotatable bonds is 7. The third kappa shape index (κ3) is 5.36. The molecule has 1 atom stereocenters. The number of H-pyrrole nitrogens is 1. The molecule has 3 N–H and O–H groups in total. The number of furan rings is 1. The molecule has 3 aromatic rings. The van der Waals surface area contributed by atoms with E-state index >= 15 is 0 Å². The number of aryl methyl sites for hydroxylation is 1. The van der Waals surface area contributed by atoms with Crippen molar-refractivity contribution in [2.75, 3.05) is 20.7 Å². The monoisotopic (exact) mass is 527 g/mol. The Morgan fingerprint density at radius 1 is 1.43 bits per heavy atom. The van der Waals surface area contributed by atoms with E-state index in [0.29, 0.717) is 31.2 Å². The zero-order chi connectivity index (χ0) is 20.1. The fraction of sp³-hybridized carbons (Fsp3) is 0.500. The average molecular weight is 527 g/mol. The molecule has 0 saturated heterocycles. The van der Waals surface area contributed by atoms with Crippen molar-refractivity contribution in [2.45, 2.75) is 38.5 Å². The first-order valence-corrected chi connectivity index (χ1v) is 9.59. The van der Waals surface area contributed by atoms with E-state index in [0.717, 1.165) is 42.8 Å². The number of methoxy groups -OCH3 is 1. The lowest BCUT2D eigenvalue weighted by molar-refractivity contribution is 0.177. The van der Waals surface area contributed by atoms with Crippen LogP contribution < -0.4 is 10.6 Å². The van der Waals surface area contributed by atoms with Crippen LogP contribution in [0.15, 0.2) is 27.8 Å². The van der Waals surface area contributed by atoms with Gasteiger partial charge in [0.15, 0.2) is 17.5 Å². The van der Waals surface area contributed by atoms with E-state index < -0.39 is 0 Å². The Morgan fingerprint density at radius 2 is 2.33 bits per heavy atom. The molecule has 4 rings (SSSR count). The summed E-state index contributed by atoms with van der Waals surface area (Å²) in [6.45, 7) is 1.86. The Balaban J connectivity index is 0.00000256. The van der Waals surface area contributed by atoms with Crippen LogP contribution in [0.5, 0.6) is 0 Å². The number of hydrogen-bond acceptors (Lipinski definition) is 7. The molecule has 0 aliphatic carbocycles. The smallest absolute Gasteiger partial charge is 0.216 e. The van der Waals surface area contributed by atoms with Gasteiger partial charge < -0.3 is 19.8 Å². The first-order chi connectivity index (χ1) is 14.2. The minimum atomic E-state index is 0. The van der Waals surface area contributed by atoms with Gasteiger partial charge in [0, 0.05) is 39.6 Å².